The highest BCUT2D eigenvalue weighted by Crippen LogP contribution is 2.26. The molecule has 0 atom stereocenters. The number of hydrogen-bond acceptors (Lipinski definition) is 5. The molecule has 1 saturated heterocycles. The molecule has 0 spiro atoms. The Morgan fingerprint density at radius 2 is 1.40 bits per heavy atom. The van der Waals surface area contributed by atoms with Gasteiger partial charge in [-0.15, -0.1) is 0 Å². The van der Waals surface area contributed by atoms with E-state index in [-0.39, 0.29) is 23.1 Å². The molecule has 0 unspecified atom stereocenters. The standard InChI is InChI=1S/C32H38N4O4/c1-32(2,3)21-28(37)24-12-15-29(40-4)25(20-24)22-35-16-18-36(19-17-35)30(38)23-10-13-27(14-11-23)34-31(39)33-26-8-6-5-7-9-26/h5-15,20H,16-19,21-22H2,1-4H3,(H2,33,34,39). The van der Waals surface area contributed by atoms with E-state index in [9.17, 15) is 14.4 Å². The van der Waals surface area contributed by atoms with Gasteiger partial charge in [-0.3, -0.25) is 14.5 Å². The van der Waals surface area contributed by atoms with Gasteiger partial charge < -0.3 is 20.3 Å². The number of carbonyl (C=O) groups excluding carboxylic acids is 3. The van der Waals surface area contributed by atoms with Gasteiger partial charge in [0.1, 0.15) is 5.75 Å². The van der Waals surface area contributed by atoms with Gasteiger partial charge in [0.05, 0.1) is 7.11 Å². The van der Waals surface area contributed by atoms with Crippen LogP contribution in [0.25, 0.3) is 0 Å². The zero-order valence-corrected chi connectivity index (χ0v) is 23.7. The van der Waals surface area contributed by atoms with E-state index >= 15 is 0 Å². The van der Waals surface area contributed by atoms with E-state index in [1.165, 1.54) is 0 Å². The van der Waals surface area contributed by atoms with Crippen LogP contribution >= 0.6 is 0 Å². The molecule has 1 aliphatic heterocycles. The Morgan fingerprint density at radius 1 is 0.800 bits per heavy atom. The molecule has 1 heterocycles. The van der Waals surface area contributed by atoms with E-state index in [0.29, 0.717) is 61.6 Å². The molecule has 2 N–H and O–H groups in total. The van der Waals surface area contributed by atoms with E-state index in [1.54, 1.807) is 31.4 Å². The van der Waals surface area contributed by atoms with Gasteiger partial charge in [-0.25, -0.2) is 4.79 Å². The Labute approximate surface area is 236 Å². The zero-order chi connectivity index (χ0) is 28.7. The Morgan fingerprint density at radius 3 is 2.00 bits per heavy atom. The Kier molecular flexibility index (Phi) is 9.22. The fourth-order valence-corrected chi connectivity index (χ4v) is 4.70. The van der Waals surface area contributed by atoms with Crippen LogP contribution in [0.3, 0.4) is 0 Å². The number of benzene rings is 3. The van der Waals surface area contributed by atoms with Crippen molar-refractivity contribution in [3.8, 4) is 5.75 Å². The normalized spacial score (nSPS) is 13.9. The van der Waals surface area contributed by atoms with Crippen molar-refractivity contribution in [1.82, 2.24) is 9.80 Å². The van der Waals surface area contributed by atoms with Crippen LogP contribution in [0, 0.1) is 5.41 Å². The minimum Gasteiger partial charge on any atom is -0.496 e. The summed E-state index contributed by atoms with van der Waals surface area (Å²) < 4.78 is 5.57. The van der Waals surface area contributed by atoms with Crippen molar-refractivity contribution in [2.75, 3.05) is 43.9 Å². The number of anilines is 2. The molecule has 3 aromatic carbocycles. The van der Waals surface area contributed by atoms with Gasteiger partial charge in [0.2, 0.25) is 0 Å². The minimum absolute atomic E-state index is 0.0349. The summed E-state index contributed by atoms with van der Waals surface area (Å²) in [6.07, 6.45) is 0.484. The second kappa shape index (κ2) is 12.8. The number of rotatable bonds is 8. The Hall–Kier alpha value is -4.17. The Bertz CT molecular complexity index is 1330. The van der Waals surface area contributed by atoms with Gasteiger partial charge in [0, 0.05) is 67.2 Å². The number of piperazine rings is 1. The highest BCUT2D eigenvalue weighted by Gasteiger charge is 2.24. The second-order valence-electron chi connectivity index (χ2n) is 11.3. The van der Waals surface area contributed by atoms with Crippen molar-refractivity contribution in [1.29, 1.82) is 0 Å². The molecule has 210 valence electrons. The van der Waals surface area contributed by atoms with Crippen LogP contribution < -0.4 is 15.4 Å². The van der Waals surface area contributed by atoms with Crippen LogP contribution in [0.4, 0.5) is 16.2 Å². The number of hydrogen-bond donors (Lipinski definition) is 2. The summed E-state index contributed by atoms with van der Waals surface area (Å²) in [7, 11) is 1.64. The maximum Gasteiger partial charge on any atom is 0.323 e. The molecule has 4 rings (SSSR count). The highest BCUT2D eigenvalue weighted by molar-refractivity contribution is 6.00. The zero-order valence-electron chi connectivity index (χ0n) is 23.7. The maximum absolute atomic E-state index is 13.1. The van der Waals surface area contributed by atoms with Crippen molar-refractivity contribution in [2.45, 2.75) is 33.7 Å². The molecule has 40 heavy (non-hydrogen) atoms. The molecular formula is C32H38N4O4. The van der Waals surface area contributed by atoms with Gasteiger partial charge in [0.25, 0.3) is 5.91 Å². The van der Waals surface area contributed by atoms with Crippen molar-refractivity contribution in [3.63, 3.8) is 0 Å². The number of ether oxygens (including phenoxy) is 1. The van der Waals surface area contributed by atoms with Gasteiger partial charge in [0.15, 0.2) is 5.78 Å². The first kappa shape index (κ1) is 28.8. The number of nitrogens with one attached hydrogen (secondary N) is 2. The summed E-state index contributed by atoms with van der Waals surface area (Å²) in [4.78, 5) is 42.3. The third-order valence-electron chi connectivity index (χ3n) is 6.77. The number of amides is 3. The molecule has 3 aromatic rings. The second-order valence-corrected chi connectivity index (χ2v) is 11.3. The minimum atomic E-state index is -0.345. The van der Waals surface area contributed by atoms with Crippen LogP contribution in [-0.4, -0.2) is 60.8 Å². The molecule has 3 amide bonds. The Balaban J connectivity index is 1.30. The molecule has 0 saturated carbocycles. The average molecular weight is 543 g/mol. The predicted molar refractivity (Wildman–Crippen MR) is 158 cm³/mol. The third-order valence-corrected chi connectivity index (χ3v) is 6.77. The lowest BCUT2D eigenvalue weighted by Crippen LogP contribution is -2.48. The predicted octanol–water partition coefficient (Wildman–Crippen LogP) is 5.92. The smallest absolute Gasteiger partial charge is 0.323 e. The van der Waals surface area contributed by atoms with E-state index < -0.39 is 0 Å². The van der Waals surface area contributed by atoms with E-state index in [1.807, 2.05) is 53.4 Å². The van der Waals surface area contributed by atoms with Crippen molar-refractivity contribution in [2.24, 2.45) is 5.41 Å². The van der Waals surface area contributed by atoms with E-state index in [4.69, 9.17) is 4.74 Å². The SMILES string of the molecule is COc1ccc(C(=O)CC(C)(C)C)cc1CN1CCN(C(=O)c2ccc(NC(=O)Nc3ccccc3)cc2)CC1. The number of Topliss-reactive ketones (excluding diaryl/α,β-unsaturated/α-hetero) is 1. The van der Waals surface area contributed by atoms with Crippen LogP contribution in [0.15, 0.2) is 72.8 Å². The summed E-state index contributed by atoms with van der Waals surface area (Å²) in [6.45, 7) is 9.47. The molecule has 0 aliphatic carbocycles. The largest absolute Gasteiger partial charge is 0.496 e. The van der Waals surface area contributed by atoms with Crippen LogP contribution in [-0.2, 0) is 6.54 Å². The summed E-state index contributed by atoms with van der Waals surface area (Å²) >= 11 is 0. The van der Waals surface area contributed by atoms with E-state index in [2.05, 4.69) is 36.3 Å². The molecular weight excluding hydrogens is 504 g/mol. The van der Waals surface area contributed by atoms with Gasteiger partial charge in [-0.2, -0.15) is 0 Å². The number of carbonyl (C=O) groups is 3. The number of methoxy groups -OCH3 is 1. The summed E-state index contributed by atoms with van der Waals surface area (Å²) in [5.74, 6) is 0.856. The molecule has 0 bridgehead atoms. The number of ketones is 1. The summed E-state index contributed by atoms with van der Waals surface area (Å²) in [5, 5.41) is 5.55. The van der Waals surface area contributed by atoms with Crippen molar-refractivity contribution >= 4 is 29.1 Å². The molecule has 1 fully saturated rings. The van der Waals surface area contributed by atoms with Crippen molar-refractivity contribution < 1.29 is 19.1 Å². The van der Waals surface area contributed by atoms with Gasteiger partial charge in [-0.05, 0) is 60.0 Å². The maximum atomic E-state index is 13.1. The number of nitrogens with zero attached hydrogens (tertiary/aromatic N) is 2. The summed E-state index contributed by atoms with van der Waals surface area (Å²) in [6, 6.07) is 21.4. The highest BCUT2D eigenvalue weighted by atomic mass is 16.5. The third kappa shape index (κ3) is 7.93. The topological polar surface area (TPSA) is 91.0 Å². The lowest BCUT2D eigenvalue weighted by atomic mass is 9.87. The first-order valence-corrected chi connectivity index (χ1v) is 13.6. The van der Waals surface area contributed by atoms with Crippen LogP contribution in [0.2, 0.25) is 0 Å². The number of para-hydroxylation sites is 1. The first-order chi connectivity index (χ1) is 19.1. The fraction of sp³-hybridized carbons (Fsp3) is 0.344. The van der Waals surface area contributed by atoms with Crippen LogP contribution in [0.1, 0.15) is 53.5 Å². The molecule has 0 aromatic heterocycles. The molecule has 0 radical (unpaired) electrons. The lowest BCUT2D eigenvalue weighted by Gasteiger charge is -2.35. The monoisotopic (exact) mass is 542 g/mol. The average Bonchev–Trinajstić information content (AvgIpc) is 2.93. The van der Waals surface area contributed by atoms with Crippen LogP contribution in [0.5, 0.6) is 5.75 Å². The summed E-state index contributed by atoms with van der Waals surface area (Å²) in [5.41, 5.74) is 3.48. The first-order valence-electron chi connectivity index (χ1n) is 13.6. The van der Waals surface area contributed by atoms with Gasteiger partial charge in [-0.1, -0.05) is 39.0 Å². The fourth-order valence-electron chi connectivity index (χ4n) is 4.70. The lowest BCUT2D eigenvalue weighted by molar-refractivity contribution is 0.0627. The van der Waals surface area contributed by atoms with Crippen molar-refractivity contribution in [3.05, 3.63) is 89.5 Å². The molecule has 8 heteroatoms. The van der Waals surface area contributed by atoms with E-state index in [0.717, 1.165) is 11.3 Å². The number of urea groups is 1. The molecule has 1 aliphatic rings. The quantitative estimate of drug-likeness (QED) is 0.345. The van der Waals surface area contributed by atoms with Gasteiger partial charge >= 0.3 is 6.03 Å². The molecule has 8 nitrogen and oxygen atoms in total.